The molecule has 6 heteroatoms. The van der Waals surface area contributed by atoms with Crippen LogP contribution >= 0.6 is 0 Å². The molecule has 1 saturated carbocycles. The van der Waals surface area contributed by atoms with Gasteiger partial charge in [0.05, 0.1) is 17.2 Å². The van der Waals surface area contributed by atoms with Crippen molar-refractivity contribution >= 4 is 29.2 Å². The second-order valence-electron chi connectivity index (χ2n) is 6.30. The lowest BCUT2D eigenvalue weighted by molar-refractivity contribution is -0.148. The zero-order chi connectivity index (χ0) is 18.5. The maximum atomic E-state index is 12.5. The minimum Gasteiger partial charge on any atom is -0.455 e. The Kier molecular flexibility index (Phi) is 5.31. The van der Waals surface area contributed by atoms with E-state index in [2.05, 4.69) is 10.6 Å². The van der Waals surface area contributed by atoms with Gasteiger partial charge in [0.2, 0.25) is 0 Å². The number of ether oxygens (including phenoxy) is 1. The van der Waals surface area contributed by atoms with Crippen molar-refractivity contribution in [2.45, 2.75) is 19.8 Å². The lowest BCUT2D eigenvalue weighted by Gasteiger charge is -2.12. The highest BCUT2D eigenvalue weighted by molar-refractivity contribution is 6.10. The van der Waals surface area contributed by atoms with Gasteiger partial charge in [0.15, 0.2) is 6.61 Å². The number of benzene rings is 2. The summed E-state index contributed by atoms with van der Waals surface area (Å²) in [5, 5.41) is 5.44. The van der Waals surface area contributed by atoms with Crippen molar-refractivity contribution in [3.63, 3.8) is 0 Å². The number of aryl methyl sites for hydroxylation is 1. The van der Waals surface area contributed by atoms with Crippen LogP contribution < -0.4 is 10.6 Å². The van der Waals surface area contributed by atoms with E-state index in [1.165, 1.54) is 0 Å². The summed E-state index contributed by atoms with van der Waals surface area (Å²) in [5.41, 5.74) is 2.40. The van der Waals surface area contributed by atoms with E-state index in [-0.39, 0.29) is 24.4 Å². The minimum absolute atomic E-state index is 0.0600. The van der Waals surface area contributed by atoms with Crippen LogP contribution in [0.5, 0.6) is 0 Å². The molecule has 1 aliphatic carbocycles. The van der Waals surface area contributed by atoms with Gasteiger partial charge in [-0.25, -0.2) is 0 Å². The first kappa shape index (κ1) is 17.7. The second-order valence-corrected chi connectivity index (χ2v) is 6.30. The van der Waals surface area contributed by atoms with Crippen LogP contribution in [0.25, 0.3) is 0 Å². The molecule has 0 bridgehead atoms. The molecular weight excluding hydrogens is 332 g/mol. The number of hydrogen-bond acceptors (Lipinski definition) is 4. The molecule has 2 aromatic rings. The molecule has 26 heavy (non-hydrogen) atoms. The van der Waals surface area contributed by atoms with Gasteiger partial charge in [-0.2, -0.15) is 0 Å². The first-order valence-corrected chi connectivity index (χ1v) is 8.46. The molecule has 1 aliphatic rings. The Morgan fingerprint density at radius 3 is 2.54 bits per heavy atom. The molecule has 6 nitrogen and oxygen atoms in total. The summed E-state index contributed by atoms with van der Waals surface area (Å²) in [4.78, 5) is 36.1. The van der Waals surface area contributed by atoms with Crippen molar-refractivity contribution in [3.05, 3.63) is 59.7 Å². The number of amides is 2. The molecule has 0 radical (unpaired) electrons. The fourth-order valence-electron chi connectivity index (χ4n) is 2.47. The first-order chi connectivity index (χ1) is 12.5. The van der Waals surface area contributed by atoms with Gasteiger partial charge in [0.1, 0.15) is 0 Å². The zero-order valence-corrected chi connectivity index (χ0v) is 14.5. The van der Waals surface area contributed by atoms with Gasteiger partial charge in [-0.05, 0) is 49.6 Å². The maximum absolute atomic E-state index is 12.5. The number of anilines is 2. The molecule has 0 saturated heterocycles. The van der Waals surface area contributed by atoms with Gasteiger partial charge in [0, 0.05) is 5.69 Å². The molecule has 2 aromatic carbocycles. The Hall–Kier alpha value is -3.15. The van der Waals surface area contributed by atoms with Gasteiger partial charge >= 0.3 is 5.97 Å². The van der Waals surface area contributed by atoms with Crippen LogP contribution in [0.15, 0.2) is 48.5 Å². The summed E-state index contributed by atoms with van der Waals surface area (Å²) in [6, 6.07) is 14.1. The number of rotatable bonds is 6. The lowest BCUT2D eigenvalue weighted by Crippen LogP contribution is -2.23. The number of hydrogen-bond donors (Lipinski definition) is 2. The maximum Gasteiger partial charge on any atom is 0.309 e. The normalized spacial score (nSPS) is 13.0. The van der Waals surface area contributed by atoms with Gasteiger partial charge in [-0.15, -0.1) is 0 Å². The van der Waals surface area contributed by atoms with E-state index in [9.17, 15) is 14.4 Å². The van der Waals surface area contributed by atoms with E-state index >= 15 is 0 Å². The Morgan fingerprint density at radius 2 is 1.81 bits per heavy atom. The summed E-state index contributed by atoms with van der Waals surface area (Å²) in [6.07, 6.45) is 1.64. The smallest absolute Gasteiger partial charge is 0.309 e. The Bertz CT molecular complexity index is 843. The third-order valence-corrected chi connectivity index (χ3v) is 3.98. The summed E-state index contributed by atoms with van der Waals surface area (Å²) >= 11 is 0. The molecule has 2 N–H and O–H groups in total. The highest BCUT2D eigenvalue weighted by Gasteiger charge is 2.31. The fourth-order valence-corrected chi connectivity index (χ4v) is 2.47. The molecular formula is C20H20N2O4. The molecule has 0 unspecified atom stereocenters. The van der Waals surface area contributed by atoms with Crippen molar-refractivity contribution in [3.8, 4) is 0 Å². The Morgan fingerprint density at radius 1 is 1.04 bits per heavy atom. The number of carbonyl (C=O) groups excluding carboxylic acids is 3. The average molecular weight is 352 g/mol. The summed E-state index contributed by atoms with van der Waals surface area (Å²) in [6.45, 7) is 1.58. The third-order valence-electron chi connectivity index (χ3n) is 3.98. The monoisotopic (exact) mass is 352 g/mol. The standard InChI is InChI=1S/C20H20N2O4/c1-13-5-4-6-15(11-13)21-19(24)16-7-2-3-8-17(16)22-18(23)12-26-20(25)14-9-10-14/h2-8,11,14H,9-10,12H2,1H3,(H,21,24)(H,22,23). The average Bonchev–Trinajstić information content (AvgIpc) is 3.45. The highest BCUT2D eigenvalue weighted by Crippen LogP contribution is 2.30. The van der Waals surface area contributed by atoms with Crippen LogP contribution in [0.1, 0.15) is 28.8 Å². The summed E-state index contributed by atoms with van der Waals surface area (Å²) < 4.78 is 4.96. The molecule has 0 heterocycles. The number of nitrogens with one attached hydrogen (secondary N) is 2. The van der Waals surface area contributed by atoms with E-state index in [1.807, 2.05) is 25.1 Å². The molecule has 0 atom stereocenters. The number of carbonyl (C=O) groups is 3. The molecule has 0 spiro atoms. The van der Waals surface area contributed by atoms with Crippen LogP contribution in [0.2, 0.25) is 0 Å². The predicted molar refractivity (Wildman–Crippen MR) is 97.9 cm³/mol. The summed E-state index contributed by atoms with van der Waals surface area (Å²) in [7, 11) is 0. The fraction of sp³-hybridized carbons (Fsp3) is 0.250. The highest BCUT2D eigenvalue weighted by atomic mass is 16.5. The van der Waals surface area contributed by atoms with Gasteiger partial charge in [-0.1, -0.05) is 24.3 Å². The first-order valence-electron chi connectivity index (χ1n) is 8.46. The van der Waals surface area contributed by atoms with Gasteiger partial charge in [-0.3, -0.25) is 14.4 Å². The van der Waals surface area contributed by atoms with Crippen molar-refractivity contribution in [2.75, 3.05) is 17.2 Å². The molecule has 1 fully saturated rings. The zero-order valence-electron chi connectivity index (χ0n) is 14.5. The van der Waals surface area contributed by atoms with Gasteiger partial charge < -0.3 is 15.4 Å². The third kappa shape index (κ3) is 4.69. The topological polar surface area (TPSA) is 84.5 Å². The minimum atomic E-state index is -0.477. The largest absolute Gasteiger partial charge is 0.455 e. The second kappa shape index (κ2) is 7.82. The van der Waals surface area contributed by atoms with Crippen LogP contribution in [0, 0.1) is 12.8 Å². The van der Waals surface area contributed by atoms with Crippen LogP contribution in [-0.4, -0.2) is 24.4 Å². The summed E-state index contributed by atoms with van der Waals surface area (Å²) in [5.74, 6) is -1.21. The number of esters is 1. The van der Waals surface area contributed by atoms with Crippen LogP contribution in [0.4, 0.5) is 11.4 Å². The van der Waals surface area contributed by atoms with Crippen molar-refractivity contribution in [2.24, 2.45) is 5.92 Å². The number of para-hydroxylation sites is 1. The van der Waals surface area contributed by atoms with E-state index in [4.69, 9.17) is 4.74 Å². The van der Waals surface area contributed by atoms with Crippen LogP contribution in [0.3, 0.4) is 0 Å². The van der Waals surface area contributed by atoms with E-state index < -0.39 is 5.91 Å². The molecule has 0 aliphatic heterocycles. The van der Waals surface area contributed by atoms with Gasteiger partial charge in [0.25, 0.3) is 11.8 Å². The molecule has 2 amide bonds. The SMILES string of the molecule is Cc1cccc(NC(=O)c2ccccc2NC(=O)COC(=O)C2CC2)c1. The molecule has 134 valence electrons. The Labute approximate surface area is 151 Å². The molecule has 0 aromatic heterocycles. The quantitative estimate of drug-likeness (QED) is 0.782. The van der Waals surface area contributed by atoms with Crippen molar-refractivity contribution in [1.82, 2.24) is 0 Å². The van der Waals surface area contributed by atoms with Crippen molar-refractivity contribution in [1.29, 1.82) is 0 Å². The Balaban J connectivity index is 1.64. The van der Waals surface area contributed by atoms with E-state index in [0.717, 1.165) is 18.4 Å². The lowest BCUT2D eigenvalue weighted by atomic mass is 10.1. The van der Waals surface area contributed by atoms with Crippen LogP contribution in [-0.2, 0) is 14.3 Å². The predicted octanol–water partition coefficient (Wildman–Crippen LogP) is 3.14. The van der Waals surface area contributed by atoms with Crippen molar-refractivity contribution < 1.29 is 19.1 Å². The van der Waals surface area contributed by atoms with E-state index in [1.54, 1.807) is 30.3 Å². The molecule has 3 rings (SSSR count). The van der Waals surface area contributed by atoms with E-state index in [0.29, 0.717) is 16.9 Å².